The van der Waals surface area contributed by atoms with Gasteiger partial charge in [-0.2, -0.15) is 0 Å². The van der Waals surface area contributed by atoms with E-state index in [1.165, 1.54) is 6.07 Å². The zero-order valence-electron chi connectivity index (χ0n) is 13.7. The van der Waals surface area contributed by atoms with Crippen LogP contribution in [0.15, 0.2) is 53.0 Å². The summed E-state index contributed by atoms with van der Waals surface area (Å²) in [6.45, 7) is 1.76. The normalized spacial score (nSPS) is 12.5. The van der Waals surface area contributed by atoms with Gasteiger partial charge in [0.1, 0.15) is 6.04 Å². The van der Waals surface area contributed by atoms with Crippen LogP contribution >= 0.6 is 27.5 Å². The van der Waals surface area contributed by atoms with Crippen molar-refractivity contribution < 1.29 is 13.2 Å². The van der Waals surface area contributed by atoms with E-state index in [0.29, 0.717) is 27.3 Å². The number of anilines is 2. The highest BCUT2D eigenvalue weighted by molar-refractivity contribution is 9.10. The first-order valence-corrected chi connectivity index (χ1v) is 10.6. The molecule has 0 radical (unpaired) electrons. The van der Waals surface area contributed by atoms with Crippen LogP contribution in [0.2, 0.25) is 5.02 Å². The molecule has 0 unspecified atom stereocenters. The molecule has 1 amide bonds. The van der Waals surface area contributed by atoms with Crippen LogP contribution in [0.4, 0.5) is 11.4 Å². The number of para-hydroxylation sites is 1. The Balaban J connectivity index is 2.40. The number of rotatable bonds is 6. The summed E-state index contributed by atoms with van der Waals surface area (Å²) in [5.41, 5.74) is 0.926. The SMILES string of the molecule is CC[C@@H](C(=O)Nc1ccccc1Br)N(c1cccc(Cl)c1)S(C)(=O)=O. The molecule has 0 aliphatic carbocycles. The molecular weight excluding hydrogens is 428 g/mol. The molecule has 1 atom stereocenters. The van der Waals surface area contributed by atoms with Crippen LogP contribution in [0, 0.1) is 0 Å². The van der Waals surface area contributed by atoms with Crippen LogP contribution in [-0.2, 0) is 14.8 Å². The number of benzene rings is 2. The molecule has 2 aromatic carbocycles. The Hall–Kier alpha value is -1.57. The lowest BCUT2D eigenvalue weighted by molar-refractivity contribution is -0.117. The second-order valence-electron chi connectivity index (χ2n) is 5.43. The zero-order valence-corrected chi connectivity index (χ0v) is 16.9. The van der Waals surface area contributed by atoms with E-state index in [2.05, 4.69) is 21.2 Å². The third kappa shape index (κ3) is 4.96. The van der Waals surface area contributed by atoms with Crippen molar-refractivity contribution >= 4 is 54.8 Å². The Morgan fingerprint density at radius 1 is 1.24 bits per heavy atom. The molecule has 2 rings (SSSR count). The number of amides is 1. The molecule has 0 aromatic heterocycles. The van der Waals surface area contributed by atoms with Gasteiger partial charge in [0, 0.05) is 9.50 Å². The molecule has 134 valence electrons. The van der Waals surface area contributed by atoms with Gasteiger partial charge in [-0.3, -0.25) is 9.10 Å². The molecule has 2 aromatic rings. The molecule has 5 nitrogen and oxygen atoms in total. The van der Waals surface area contributed by atoms with E-state index in [1.807, 2.05) is 6.07 Å². The molecule has 0 aliphatic rings. The van der Waals surface area contributed by atoms with Crippen molar-refractivity contribution in [2.75, 3.05) is 15.9 Å². The first kappa shape index (κ1) is 19.8. The number of halogens is 2. The number of hydrogen-bond acceptors (Lipinski definition) is 3. The van der Waals surface area contributed by atoms with Crippen molar-refractivity contribution in [1.82, 2.24) is 0 Å². The number of nitrogens with zero attached hydrogens (tertiary/aromatic N) is 1. The van der Waals surface area contributed by atoms with Gasteiger partial charge in [-0.15, -0.1) is 0 Å². The Morgan fingerprint density at radius 2 is 1.92 bits per heavy atom. The van der Waals surface area contributed by atoms with Crippen LogP contribution in [0.1, 0.15) is 13.3 Å². The van der Waals surface area contributed by atoms with Crippen molar-refractivity contribution in [3.63, 3.8) is 0 Å². The Labute approximate surface area is 161 Å². The van der Waals surface area contributed by atoms with Crippen LogP contribution in [-0.4, -0.2) is 26.6 Å². The van der Waals surface area contributed by atoms with E-state index in [9.17, 15) is 13.2 Å². The third-order valence-corrected chi connectivity index (χ3v) is 5.63. The standard InChI is InChI=1S/C17H18BrClN2O3S/c1-3-16(17(22)20-15-10-5-4-9-14(15)18)21(25(2,23)24)13-8-6-7-12(19)11-13/h4-11,16H,3H2,1-2H3,(H,20,22)/t16-/m0/s1. The van der Waals surface area contributed by atoms with Gasteiger partial charge in [-0.05, 0) is 52.7 Å². The predicted octanol–water partition coefficient (Wildman–Crippen LogP) is 4.29. The number of hydrogen-bond donors (Lipinski definition) is 1. The molecule has 8 heteroatoms. The summed E-state index contributed by atoms with van der Waals surface area (Å²) in [6, 6.07) is 12.7. The second kappa shape index (κ2) is 8.21. The van der Waals surface area contributed by atoms with E-state index in [-0.39, 0.29) is 0 Å². The fraction of sp³-hybridized carbons (Fsp3) is 0.235. The summed E-state index contributed by atoms with van der Waals surface area (Å²) in [5.74, 6) is -0.417. The van der Waals surface area contributed by atoms with E-state index in [1.54, 1.807) is 43.3 Å². The second-order valence-corrected chi connectivity index (χ2v) is 8.58. The monoisotopic (exact) mass is 444 g/mol. The lowest BCUT2D eigenvalue weighted by atomic mass is 10.2. The van der Waals surface area contributed by atoms with Gasteiger partial charge in [-0.1, -0.05) is 36.7 Å². The Morgan fingerprint density at radius 3 is 2.48 bits per heavy atom. The maximum Gasteiger partial charge on any atom is 0.248 e. The van der Waals surface area contributed by atoms with Crippen LogP contribution in [0.5, 0.6) is 0 Å². The van der Waals surface area contributed by atoms with Crippen molar-refractivity contribution in [2.24, 2.45) is 0 Å². The third-order valence-electron chi connectivity index (χ3n) is 3.52. The first-order chi connectivity index (χ1) is 11.7. The summed E-state index contributed by atoms with van der Waals surface area (Å²) >= 11 is 9.35. The van der Waals surface area contributed by atoms with Gasteiger partial charge < -0.3 is 5.32 Å². The maximum atomic E-state index is 12.8. The molecule has 1 N–H and O–H groups in total. The molecule has 0 spiro atoms. The van der Waals surface area contributed by atoms with E-state index in [4.69, 9.17) is 11.6 Å². The van der Waals surface area contributed by atoms with Crippen molar-refractivity contribution in [2.45, 2.75) is 19.4 Å². The van der Waals surface area contributed by atoms with Gasteiger partial charge >= 0.3 is 0 Å². The number of carbonyl (C=O) groups is 1. The molecule has 0 heterocycles. The van der Waals surface area contributed by atoms with Crippen LogP contribution < -0.4 is 9.62 Å². The number of nitrogens with one attached hydrogen (secondary N) is 1. The zero-order chi connectivity index (χ0) is 18.6. The Kier molecular flexibility index (Phi) is 6.48. The molecule has 25 heavy (non-hydrogen) atoms. The van der Waals surface area contributed by atoms with Gasteiger partial charge in [0.15, 0.2) is 0 Å². The summed E-state index contributed by atoms with van der Waals surface area (Å²) in [6.07, 6.45) is 1.37. The highest BCUT2D eigenvalue weighted by Crippen LogP contribution is 2.27. The van der Waals surface area contributed by atoms with Gasteiger partial charge in [0.05, 0.1) is 17.6 Å². The molecule has 0 bridgehead atoms. The number of sulfonamides is 1. The van der Waals surface area contributed by atoms with E-state index < -0.39 is 22.0 Å². The predicted molar refractivity (Wildman–Crippen MR) is 106 cm³/mol. The Bertz CT molecular complexity index is 874. The quantitative estimate of drug-likeness (QED) is 0.721. The molecule has 0 saturated carbocycles. The summed E-state index contributed by atoms with van der Waals surface area (Å²) in [7, 11) is -3.69. The summed E-state index contributed by atoms with van der Waals surface area (Å²) < 4.78 is 26.5. The first-order valence-electron chi connectivity index (χ1n) is 7.54. The minimum absolute atomic E-state index is 0.301. The fourth-order valence-electron chi connectivity index (χ4n) is 2.45. The van der Waals surface area contributed by atoms with Crippen LogP contribution in [0.3, 0.4) is 0 Å². The van der Waals surface area contributed by atoms with Crippen LogP contribution in [0.25, 0.3) is 0 Å². The van der Waals surface area contributed by atoms with Gasteiger partial charge in [-0.25, -0.2) is 8.42 Å². The van der Waals surface area contributed by atoms with Crippen molar-refractivity contribution in [1.29, 1.82) is 0 Å². The fourth-order valence-corrected chi connectivity index (χ4v) is 4.22. The van der Waals surface area contributed by atoms with Crippen molar-refractivity contribution in [3.8, 4) is 0 Å². The largest absolute Gasteiger partial charge is 0.323 e. The molecule has 0 saturated heterocycles. The molecule has 0 aliphatic heterocycles. The summed E-state index contributed by atoms with van der Waals surface area (Å²) in [5, 5.41) is 3.17. The smallest absolute Gasteiger partial charge is 0.248 e. The van der Waals surface area contributed by atoms with Gasteiger partial charge in [0.25, 0.3) is 0 Å². The lowest BCUT2D eigenvalue weighted by Crippen LogP contribution is -2.47. The highest BCUT2D eigenvalue weighted by atomic mass is 79.9. The van der Waals surface area contributed by atoms with Crippen molar-refractivity contribution in [3.05, 3.63) is 58.0 Å². The maximum absolute atomic E-state index is 12.8. The average molecular weight is 446 g/mol. The summed E-state index contributed by atoms with van der Waals surface area (Å²) in [4.78, 5) is 12.8. The van der Waals surface area contributed by atoms with Gasteiger partial charge in [0.2, 0.25) is 15.9 Å². The van der Waals surface area contributed by atoms with E-state index in [0.717, 1.165) is 10.6 Å². The molecular formula is C17H18BrClN2O3S. The molecule has 0 fully saturated rings. The minimum Gasteiger partial charge on any atom is -0.323 e. The topological polar surface area (TPSA) is 66.5 Å². The lowest BCUT2D eigenvalue weighted by Gasteiger charge is -2.30. The minimum atomic E-state index is -3.69. The number of carbonyl (C=O) groups excluding carboxylic acids is 1. The van der Waals surface area contributed by atoms with E-state index >= 15 is 0 Å². The average Bonchev–Trinajstić information content (AvgIpc) is 2.53. The highest BCUT2D eigenvalue weighted by Gasteiger charge is 2.31.